The van der Waals surface area contributed by atoms with Crippen molar-refractivity contribution in [2.45, 2.75) is 38.6 Å². The van der Waals surface area contributed by atoms with Crippen molar-refractivity contribution in [3.8, 4) is 0 Å². The Kier molecular flexibility index (Phi) is 4.43. The van der Waals surface area contributed by atoms with E-state index in [1.54, 1.807) is 6.07 Å². The van der Waals surface area contributed by atoms with Gasteiger partial charge in [-0.05, 0) is 44.2 Å². The number of rotatable bonds is 4. The molecule has 1 fully saturated rings. The van der Waals surface area contributed by atoms with Gasteiger partial charge in [0.05, 0.1) is 5.56 Å². The molecule has 1 unspecified atom stereocenters. The Hall–Kier alpha value is -1.55. The number of carbonyl (C=O) groups excluding carboxylic acids is 1. The van der Waals surface area contributed by atoms with Crippen LogP contribution in [0.15, 0.2) is 18.2 Å². The molecule has 0 radical (unpaired) electrons. The maximum absolute atomic E-state index is 12.6. The summed E-state index contributed by atoms with van der Waals surface area (Å²) in [7, 11) is 0. The summed E-state index contributed by atoms with van der Waals surface area (Å²) < 4.78 is 0. The lowest BCUT2D eigenvalue weighted by Crippen LogP contribution is -2.36. The second-order valence-corrected chi connectivity index (χ2v) is 5.20. The molecule has 1 heterocycles. The number of likely N-dealkylation sites (tertiary alicyclic amines) is 1. The van der Waals surface area contributed by atoms with Crippen LogP contribution >= 0.6 is 0 Å². The van der Waals surface area contributed by atoms with E-state index in [1.807, 2.05) is 24.0 Å². The van der Waals surface area contributed by atoms with Crippen molar-refractivity contribution < 1.29 is 9.90 Å². The molecule has 104 valence electrons. The first-order valence-electron chi connectivity index (χ1n) is 6.92. The van der Waals surface area contributed by atoms with Gasteiger partial charge in [0.25, 0.3) is 5.91 Å². The molecule has 0 aromatic heterocycles. The summed E-state index contributed by atoms with van der Waals surface area (Å²) in [6.45, 7) is 2.90. The highest BCUT2D eigenvalue weighted by Crippen LogP contribution is 2.26. The average molecular weight is 262 g/mol. The number of aryl methyl sites for hydroxylation is 1. The number of hydrogen-bond donors (Lipinski definition) is 2. The second-order valence-electron chi connectivity index (χ2n) is 5.20. The van der Waals surface area contributed by atoms with E-state index < -0.39 is 0 Å². The van der Waals surface area contributed by atoms with E-state index in [9.17, 15) is 4.79 Å². The zero-order chi connectivity index (χ0) is 13.8. The first-order chi connectivity index (χ1) is 9.15. The van der Waals surface area contributed by atoms with Crippen LogP contribution in [0.2, 0.25) is 0 Å². The molecule has 2 rings (SSSR count). The number of carbonyl (C=O) groups is 1. The predicted octanol–water partition coefficient (Wildman–Crippen LogP) is 1.95. The molecule has 1 amide bonds. The molecule has 0 spiro atoms. The molecular formula is C15H22N2O2. The van der Waals surface area contributed by atoms with Crippen molar-refractivity contribution >= 4 is 11.6 Å². The standard InChI is InChI=1S/C15H22N2O2/c1-11-5-2-8-13(16)14(11)15(19)17-9-3-6-12(17)7-4-10-18/h2,5,8,12,18H,3-4,6-7,9-10,16H2,1H3. The fourth-order valence-electron chi connectivity index (χ4n) is 2.86. The van der Waals surface area contributed by atoms with Gasteiger partial charge in [0.2, 0.25) is 0 Å². The van der Waals surface area contributed by atoms with Gasteiger partial charge in [0, 0.05) is 24.9 Å². The van der Waals surface area contributed by atoms with E-state index in [1.165, 1.54) is 0 Å². The first kappa shape index (κ1) is 13.9. The number of benzene rings is 1. The van der Waals surface area contributed by atoms with Gasteiger partial charge in [-0.15, -0.1) is 0 Å². The van der Waals surface area contributed by atoms with Gasteiger partial charge in [-0.1, -0.05) is 12.1 Å². The summed E-state index contributed by atoms with van der Waals surface area (Å²) in [6.07, 6.45) is 3.68. The summed E-state index contributed by atoms with van der Waals surface area (Å²) in [5.41, 5.74) is 8.07. The Balaban J connectivity index is 2.18. The number of aliphatic hydroxyl groups is 1. The van der Waals surface area contributed by atoms with Crippen molar-refractivity contribution in [1.82, 2.24) is 4.90 Å². The summed E-state index contributed by atoms with van der Waals surface area (Å²) in [5.74, 6) is 0.0380. The molecule has 19 heavy (non-hydrogen) atoms. The summed E-state index contributed by atoms with van der Waals surface area (Å²) >= 11 is 0. The van der Waals surface area contributed by atoms with E-state index in [-0.39, 0.29) is 18.6 Å². The largest absolute Gasteiger partial charge is 0.398 e. The Labute approximate surface area is 114 Å². The molecule has 4 heteroatoms. The maximum Gasteiger partial charge on any atom is 0.256 e. The minimum atomic E-state index is 0.0380. The predicted molar refractivity (Wildman–Crippen MR) is 76.0 cm³/mol. The van der Waals surface area contributed by atoms with Gasteiger partial charge in [-0.3, -0.25) is 4.79 Å². The highest BCUT2D eigenvalue weighted by Gasteiger charge is 2.30. The Morgan fingerprint density at radius 1 is 1.53 bits per heavy atom. The molecule has 0 saturated carbocycles. The van der Waals surface area contributed by atoms with Gasteiger partial charge >= 0.3 is 0 Å². The fraction of sp³-hybridized carbons (Fsp3) is 0.533. The highest BCUT2D eigenvalue weighted by atomic mass is 16.3. The van der Waals surface area contributed by atoms with Crippen LogP contribution in [0.1, 0.15) is 41.6 Å². The lowest BCUT2D eigenvalue weighted by atomic mass is 10.0. The molecule has 1 aromatic rings. The van der Waals surface area contributed by atoms with Gasteiger partial charge < -0.3 is 15.7 Å². The van der Waals surface area contributed by atoms with Crippen molar-refractivity contribution in [3.05, 3.63) is 29.3 Å². The van der Waals surface area contributed by atoms with Gasteiger partial charge in [-0.2, -0.15) is 0 Å². The average Bonchev–Trinajstić information content (AvgIpc) is 2.84. The number of amides is 1. The number of aliphatic hydroxyl groups excluding tert-OH is 1. The lowest BCUT2D eigenvalue weighted by molar-refractivity contribution is 0.0725. The number of nitrogens with two attached hydrogens (primary N) is 1. The van der Waals surface area contributed by atoms with Crippen LogP contribution < -0.4 is 5.73 Å². The zero-order valence-electron chi connectivity index (χ0n) is 11.4. The van der Waals surface area contributed by atoms with E-state index in [0.29, 0.717) is 11.3 Å². The van der Waals surface area contributed by atoms with Crippen molar-refractivity contribution in [2.24, 2.45) is 0 Å². The van der Waals surface area contributed by atoms with Crippen molar-refractivity contribution in [1.29, 1.82) is 0 Å². The smallest absolute Gasteiger partial charge is 0.256 e. The van der Waals surface area contributed by atoms with Gasteiger partial charge in [-0.25, -0.2) is 0 Å². The molecule has 0 bridgehead atoms. The third-order valence-corrected chi connectivity index (χ3v) is 3.85. The maximum atomic E-state index is 12.6. The summed E-state index contributed by atoms with van der Waals surface area (Å²) in [5, 5.41) is 8.93. The van der Waals surface area contributed by atoms with Crippen LogP contribution in [0.3, 0.4) is 0 Å². The van der Waals surface area contributed by atoms with Crippen LogP contribution in [-0.4, -0.2) is 35.1 Å². The van der Waals surface area contributed by atoms with Crippen LogP contribution in [-0.2, 0) is 0 Å². The molecule has 0 aliphatic carbocycles. The SMILES string of the molecule is Cc1cccc(N)c1C(=O)N1CCCC1CCCO. The van der Waals surface area contributed by atoms with Crippen LogP contribution in [0.4, 0.5) is 5.69 Å². The Morgan fingerprint density at radius 3 is 3.00 bits per heavy atom. The van der Waals surface area contributed by atoms with Gasteiger partial charge in [0.15, 0.2) is 0 Å². The van der Waals surface area contributed by atoms with Gasteiger partial charge in [0.1, 0.15) is 0 Å². The molecular weight excluding hydrogens is 240 g/mol. The van der Waals surface area contributed by atoms with Crippen LogP contribution in [0.5, 0.6) is 0 Å². The van der Waals surface area contributed by atoms with E-state index in [2.05, 4.69) is 0 Å². The molecule has 1 aliphatic rings. The number of nitrogens with zero attached hydrogens (tertiary/aromatic N) is 1. The minimum Gasteiger partial charge on any atom is -0.398 e. The molecule has 1 aliphatic heterocycles. The normalized spacial score (nSPS) is 18.8. The molecule has 4 nitrogen and oxygen atoms in total. The van der Waals surface area contributed by atoms with Crippen molar-refractivity contribution in [3.63, 3.8) is 0 Å². The molecule has 1 atom stereocenters. The Morgan fingerprint density at radius 2 is 2.32 bits per heavy atom. The molecule has 1 saturated heterocycles. The third-order valence-electron chi connectivity index (χ3n) is 3.85. The minimum absolute atomic E-state index is 0.0380. The monoisotopic (exact) mass is 262 g/mol. The topological polar surface area (TPSA) is 66.6 Å². The summed E-state index contributed by atoms with van der Waals surface area (Å²) in [4.78, 5) is 14.6. The number of nitrogen functional groups attached to an aromatic ring is 1. The third kappa shape index (κ3) is 2.89. The lowest BCUT2D eigenvalue weighted by Gasteiger charge is -2.26. The fourth-order valence-corrected chi connectivity index (χ4v) is 2.86. The highest BCUT2D eigenvalue weighted by molar-refractivity contribution is 6.00. The molecule has 3 N–H and O–H groups in total. The van der Waals surface area contributed by atoms with Crippen LogP contribution in [0.25, 0.3) is 0 Å². The molecule has 1 aromatic carbocycles. The second kappa shape index (κ2) is 6.06. The first-order valence-corrected chi connectivity index (χ1v) is 6.92. The summed E-state index contributed by atoms with van der Waals surface area (Å²) in [6, 6.07) is 5.81. The van der Waals surface area contributed by atoms with Crippen LogP contribution in [0, 0.1) is 6.92 Å². The number of anilines is 1. The van der Waals surface area contributed by atoms with E-state index in [4.69, 9.17) is 10.8 Å². The van der Waals surface area contributed by atoms with E-state index >= 15 is 0 Å². The number of hydrogen-bond acceptors (Lipinski definition) is 3. The zero-order valence-corrected chi connectivity index (χ0v) is 11.4. The van der Waals surface area contributed by atoms with E-state index in [0.717, 1.165) is 37.8 Å². The Bertz CT molecular complexity index is 439. The quantitative estimate of drug-likeness (QED) is 0.815. The van der Waals surface area contributed by atoms with Crippen molar-refractivity contribution in [2.75, 3.05) is 18.9 Å².